The molecule has 0 bridgehead atoms. The highest BCUT2D eigenvalue weighted by Gasteiger charge is 2.24. The van der Waals surface area contributed by atoms with Crippen molar-refractivity contribution >= 4 is 11.7 Å². The fourth-order valence-corrected chi connectivity index (χ4v) is 1.57. The summed E-state index contributed by atoms with van der Waals surface area (Å²) in [4.78, 5) is 23.3. The van der Waals surface area contributed by atoms with Crippen molar-refractivity contribution in [3.63, 3.8) is 0 Å². The van der Waals surface area contributed by atoms with E-state index in [-0.39, 0.29) is 17.3 Å². The fourth-order valence-electron chi connectivity index (χ4n) is 1.57. The van der Waals surface area contributed by atoms with Crippen LogP contribution >= 0.6 is 0 Å². The molecule has 18 heavy (non-hydrogen) atoms. The van der Waals surface area contributed by atoms with Gasteiger partial charge in [-0.25, -0.2) is 4.79 Å². The zero-order valence-corrected chi connectivity index (χ0v) is 10.6. The zero-order valence-electron chi connectivity index (χ0n) is 10.6. The standard InChI is InChI=1S/C12H16N2O4/c1-8(2)13(3)7-9-5-4-6-10(14(17)18)11(9)12(15)16/h4-6,8H,7H2,1-3H3,(H,15,16). The molecule has 6 nitrogen and oxygen atoms in total. The summed E-state index contributed by atoms with van der Waals surface area (Å²) in [5, 5.41) is 20.0. The van der Waals surface area contributed by atoms with E-state index in [0.717, 1.165) is 0 Å². The Kier molecular flexibility index (Phi) is 4.38. The van der Waals surface area contributed by atoms with Crippen molar-refractivity contribution in [3.05, 3.63) is 39.4 Å². The van der Waals surface area contributed by atoms with E-state index in [2.05, 4.69) is 0 Å². The molecule has 0 aliphatic heterocycles. The van der Waals surface area contributed by atoms with E-state index in [1.807, 2.05) is 25.8 Å². The molecule has 0 amide bonds. The zero-order chi connectivity index (χ0) is 13.9. The maximum absolute atomic E-state index is 11.2. The lowest BCUT2D eigenvalue weighted by Gasteiger charge is -2.21. The number of nitro groups is 1. The highest BCUT2D eigenvalue weighted by Crippen LogP contribution is 2.23. The van der Waals surface area contributed by atoms with Gasteiger partial charge in [-0.3, -0.25) is 15.0 Å². The van der Waals surface area contributed by atoms with Crippen LogP contribution in [0.25, 0.3) is 0 Å². The molecule has 1 aromatic carbocycles. The quantitative estimate of drug-likeness (QED) is 0.641. The first-order valence-corrected chi connectivity index (χ1v) is 5.54. The van der Waals surface area contributed by atoms with E-state index >= 15 is 0 Å². The highest BCUT2D eigenvalue weighted by atomic mass is 16.6. The Hall–Kier alpha value is -1.95. The maximum atomic E-state index is 11.2. The summed E-state index contributed by atoms with van der Waals surface area (Å²) >= 11 is 0. The topological polar surface area (TPSA) is 83.7 Å². The monoisotopic (exact) mass is 252 g/mol. The van der Waals surface area contributed by atoms with Crippen LogP contribution in [-0.2, 0) is 6.54 Å². The Labute approximate surface area is 105 Å². The highest BCUT2D eigenvalue weighted by molar-refractivity contribution is 5.94. The van der Waals surface area contributed by atoms with Gasteiger partial charge in [-0.15, -0.1) is 0 Å². The van der Waals surface area contributed by atoms with Crippen LogP contribution in [0.2, 0.25) is 0 Å². The third kappa shape index (κ3) is 3.04. The summed E-state index contributed by atoms with van der Waals surface area (Å²) < 4.78 is 0. The van der Waals surface area contributed by atoms with Gasteiger partial charge in [0.15, 0.2) is 0 Å². The molecular weight excluding hydrogens is 236 g/mol. The number of nitro benzene ring substituents is 1. The van der Waals surface area contributed by atoms with Crippen LogP contribution in [0.1, 0.15) is 29.8 Å². The molecule has 0 aliphatic rings. The second-order valence-corrected chi connectivity index (χ2v) is 4.38. The van der Waals surface area contributed by atoms with E-state index < -0.39 is 10.9 Å². The third-order valence-corrected chi connectivity index (χ3v) is 2.84. The van der Waals surface area contributed by atoms with Gasteiger partial charge in [0, 0.05) is 18.7 Å². The number of carbonyl (C=O) groups is 1. The minimum atomic E-state index is -1.27. The number of benzene rings is 1. The van der Waals surface area contributed by atoms with Gasteiger partial charge in [0.1, 0.15) is 5.56 Å². The van der Waals surface area contributed by atoms with Crippen molar-refractivity contribution < 1.29 is 14.8 Å². The van der Waals surface area contributed by atoms with Crippen molar-refractivity contribution in [1.82, 2.24) is 4.90 Å². The molecule has 1 aromatic rings. The minimum Gasteiger partial charge on any atom is -0.477 e. The molecule has 0 fully saturated rings. The normalized spacial score (nSPS) is 10.9. The van der Waals surface area contributed by atoms with Crippen LogP contribution in [0, 0.1) is 10.1 Å². The SMILES string of the molecule is CC(C)N(C)Cc1cccc([N+](=O)[O-])c1C(=O)O. The molecule has 0 atom stereocenters. The predicted molar refractivity (Wildman–Crippen MR) is 66.7 cm³/mol. The Balaban J connectivity index is 3.23. The Morgan fingerprint density at radius 1 is 1.50 bits per heavy atom. The van der Waals surface area contributed by atoms with E-state index in [1.165, 1.54) is 12.1 Å². The average Bonchev–Trinajstić information content (AvgIpc) is 2.27. The smallest absolute Gasteiger partial charge is 0.343 e. The molecular formula is C12H16N2O4. The molecule has 0 heterocycles. The summed E-state index contributed by atoms with van der Waals surface area (Å²) in [6, 6.07) is 4.55. The molecule has 1 N–H and O–H groups in total. The summed E-state index contributed by atoms with van der Waals surface area (Å²) in [5.41, 5.74) is -0.139. The maximum Gasteiger partial charge on any atom is 0.343 e. The summed E-state index contributed by atoms with van der Waals surface area (Å²) in [7, 11) is 1.84. The molecule has 0 spiro atoms. The third-order valence-electron chi connectivity index (χ3n) is 2.84. The van der Waals surface area contributed by atoms with Gasteiger partial charge in [0.2, 0.25) is 0 Å². The second kappa shape index (κ2) is 5.59. The number of hydrogen-bond acceptors (Lipinski definition) is 4. The van der Waals surface area contributed by atoms with Crippen molar-refractivity contribution in [2.24, 2.45) is 0 Å². The molecule has 0 radical (unpaired) electrons. The van der Waals surface area contributed by atoms with Crippen LogP contribution in [0.5, 0.6) is 0 Å². The first-order valence-electron chi connectivity index (χ1n) is 5.54. The van der Waals surface area contributed by atoms with Crippen LogP contribution in [0.3, 0.4) is 0 Å². The largest absolute Gasteiger partial charge is 0.477 e. The van der Waals surface area contributed by atoms with Gasteiger partial charge in [0.05, 0.1) is 4.92 Å². The molecule has 6 heteroatoms. The Morgan fingerprint density at radius 3 is 2.56 bits per heavy atom. The van der Waals surface area contributed by atoms with Gasteiger partial charge in [-0.05, 0) is 26.5 Å². The van der Waals surface area contributed by atoms with E-state index in [0.29, 0.717) is 12.1 Å². The van der Waals surface area contributed by atoms with E-state index in [9.17, 15) is 14.9 Å². The number of carboxylic acid groups (broad SMARTS) is 1. The van der Waals surface area contributed by atoms with Gasteiger partial charge in [0.25, 0.3) is 5.69 Å². The van der Waals surface area contributed by atoms with E-state index in [4.69, 9.17) is 5.11 Å². The lowest BCUT2D eigenvalue weighted by molar-refractivity contribution is -0.385. The van der Waals surface area contributed by atoms with Gasteiger partial charge < -0.3 is 5.11 Å². The van der Waals surface area contributed by atoms with E-state index in [1.54, 1.807) is 6.07 Å². The lowest BCUT2D eigenvalue weighted by atomic mass is 10.0. The molecule has 0 unspecified atom stereocenters. The Bertz CT molecular complexity index is 471. The second-order valence-electron chi connectivity index (χ2n) is 4.38. The van der Waals surface area contributed by atoms with Gasteiger partial charge in [-0.1, -0.05) is 12.1 Å². The summed E-state index contributed by atoms with van der Waals surface area (Å²) in [6.07, 6.45) is 0. The molecule has 0 aromatic heterocycles. The minimum absolute atomic E-state index is 0.227. The number of aromatic carboxylic acids is 1. The van der Waals surface area contributed by atoms with Crippen LogP contribution < -0.4 is 0 Å². The summed E-state index contributed by atoms with van der Waals surface area (Å²) in [5.74, 6) is -1.27. The van der Waals surface area contributed by atoms with Crippen molar-refractivity contribution in [1.29, 1.82) is 0 Å². The molecule has 0 saturated heterocycles. The molecule has 0 saturated carbocycles. The van der Waals surface area contributed by atoms with Gasteiger partial charge >= 0.3 is 5.97 Å². The summed E-state index contributed by atoms with van der Waals surface area (Å²) in [6.45, 7) is 4.30. The van der Waals surface area contributed by atoms with Crippen LogP contribution in [0.4, 0.5) is 5.69 Å². The number of nitrogens with zero attached hydrogens (tertiary/aromatic N) is 2. The van der Waals surface area contributed by atoms with Crippen molar-refractivity contribution in [2.75, 3.05) is 7.05 Å². The molecule has 1 rings (SSSR count). The van der Waals surface area contributed by atoms with Crippen molar-refractivity contribution in [2.45, 2.75) is 26.4 Å². The fraction of sp³-hybridized carbons (Fsp3) is 0.417. The van der Waals surface area contributed by atoms with Crippen LogP contribution in [-0.4, -0.2) is 34.0 Å². The molecule has 98 valence electrons. The number of rotatable bonds is 5. The van der Waals surface area contributed by atoms with Crippen molar-refractivity contribution in [3.8, 4) is 0 Å². The lowest BCUT2D eigenvalue weighted by Crippen LogP contribution is -2.26. The first kappa shape index (κ1) is 14.1. The predicted octanol–water partition coefficient (Wildman–Crippen LogP) is 2.13. The van der Waals surface area contributed by atoms with Gasteiger partial charge in [-0.2, -0.15) is 0 Å². The molecule has 0 aliphatic carbocycles. The van der Waals surface area contributed by atoms with Crippen LogP contribution in [0.15, 0.2) is 18.2 Å². The Morgan fingerprint density at radius 2 is 2.11 bits per heavy atom. The number of hydrogen-bond donors (Lipinski definition) is 1. The average molecular weight is 252 g/mol. The number of carboxylic acids is 1. The first-order chi connectivity index (χ1) is 8.34.